The largest absolute Gasteiger partial charge is 0.475 e. The Labute approximate surface area is 130 Å². The van der Waals surface area contributed by atoms with Crippen molar-refractivity contribution in [1.82, 2.24) is 10.6 Å². The Morgan fingerprint density at radius 2 is 1.73 bits per heavy atom. The lowest BCUT2D eigenvalue weighted by atomic mass is 9.76. The number of carbonyl (C=O) groups excluding carboxylic acids is 2. The van der Waals surface area contributed by atoms with Crippen molar-refractivity contribution in [3.63, 3.8) is 0 Å². The van der Waals surface area contributed by atoms with Crippen LogP contribution >= 0.6 is 0 Å². The summed E-state index contributed by atoms with van der Waals surface area (Å²) in [5.74, 6) is -1.83. The lowest BCUT2D eigenvalue weighted by Gasteiger charge is -2.21. The van der Waals surface area contributed by atoms with Crippen molar-refractivity contribution < 1.29 is 19.6 Å². The van der Waals surface area contributed by atoms with E-state index in [0.717, 1.165) is 5.56 Å². The second-order valence-electron chi connectivity index (χ2n) is 5.24. The van der Waals surface area contributed by atoms with Gasteiger partial charge in [0.2, 0.25) is 11.8 Å². The molecule has 0 fully saturated rings. The van der Waals surface area contributed by atoms with Crippen molar-refractivity contribution in [3.05, 3.63) is 35.9 Å². The van der Waals surface area contributed by atoms with Gasteiger partial charge in [0.1, 0.15) is 6.04 Å². The number of rotatable bonds is 7. The van der Waals surface area contributed by atoms with Gasteiger partial charge in [-0.25, -0.2) is 0 Å². The van der Waals surface area contributed by atoms with Crippen molar-refractivity contribution in [2.24, 2.45) is 5.73 Å². The second kappa shape index (κ2) is 8.52. The van der Waals surface area contributed by atoms with Crippen LogP contribution in [0.2, 0.25) is 0 Å². The van der Waals surface area contributed by atoms with Crippen LogP contribution in [-0.4, -0.2) is 47.0 Å². The molecule has 120 valence electrons. The lowest BCUT2D eigenvalue weighted by molar-refractivity contribution is -0.129. The number of amides is 2. The second-order valence-corrected chi connectivity index (χ2v) is 5.24. The average Bonchev–Trinajstić information content (AvgIpc) is 2.47. The summed E-state index contributed by atoms with van der Waals surface area (Å²) in [5.41, 5.74) is 6.27. The Balaban J connectivity index is 2.62. The molecule has 1 aromatic carbocycles. The zero-order chi connectivity index (χ0) is 16.7. The summed E-state index contributed by atoms with van der Waals surface area (Å²) in [6.45, 7) is 3.01. The minimum Gasteiger partial charge on any atom is -0.426 e. The van der Waals surface area contributed by atoms with Crippen LogP contribution < -0.4 is 16.4 Å². The first-order valence-electron chi connectivity index (χ1n) is 7.07. The number of hydrogen-bond donors (Lipinski definition) is 5. The highest BCUT2D eigenvalue weighted by Crippen LogP contribution is 2.04. The number of hydrogen-bond acceptors (Lipinski definition) is 5. The summed E-state index contributed by atoms with van der Waals surface area (Å²) >= 11 is 0. The van der Waals surface area contributed by atoms with Crippen LogP contribution in [0.3, 0.4) is 0 Å². The molecule has 22 heavy (non-hydrogen) atoms. The van der Waals surface area contributed by atoms with Gasteiger partial charge in [0, 0.05) is 0 Å². The van der Waals surface area contributed by atoms with Gasteiger partial charge in [-0.3, -0.25) is 9.59 Å². The zero-order valence-electron chi connectivity index (χ0n) is 12.7. The Bertz CT molecular complexity index is 496. The fourth-order valence-corrected chi connectivity index (χ4v) is 1.82. The SMILES string of the molecule is C[C@H](N)C(=O)N[C@@H](C)C(=O)NC(Cc1ccccc1)B(O)O. The van der Waals surface area contributed by atoms with Gasteiger partial charge in [-0.2, -0.15) is 0 Å². The lowest BCUT2D eigenvalue weighted by Crippen LogP contribution is -2.55. The molecule has 6 N–H and O–H groups in total. The van der Waals surface area contributed by atoms with Crippen molar-refractivity contribution in [3.8, 4) is 0 Å². The molecule has 7 nitrogen and oxygen atoms in total. The number of nitrogens with one attached hydrogen (secondary N) is 2. The highest BCUT2D eigenvalue weighted by Gasteiger charge is 2.28. The van der Waals surface area contributed by atoms with Crippen LogP contribution in [0.1, 0.15) is 19.4 Å². The van der Waals surface area contributed by atoms with Crippen molar-refractivity contribution in [2.75, 3.05) is 0 Å². The van der Waals surface area contributed by atoms with E-state index in [4.69, 9.17) is 5.73 Å². The third-order valence-electron chi connectivity index (χ3n) is 3.15. The molecule has 0 spiro atoms. The first kappa shape index (κ1) is 18.2. The van der Waals surface area contributed by atoms with E-state index >= 15 is 0 Å². The fourth-order valence-electron chi connectivity index (χ4n) is 1.82. The number of nitrogens with two attached hydrogens (primary N) is 1. The van der Waals surface area contributed by atoms with E-state index in [1.807, 2.05) is 30.3 Å². The van der Waals surface area contributed by atoms with Gasteiger partial charge in [-0.05, 0) is 25.8 Å². The molecule has 3 atom stereocenters. The van der Waals surface area contributed by atoms with Gasteiger partial charge in [-0.1, -0.05) is 30.3 Å². The Kier molecular flexibility index (Phi) is 7.03. The standard InChI is InChI=1S/C14H22BN3O4/c1-9(16)13(19)17-10(2)14(20)18-12(15(21)22)8-11-6-4-3-5-7-11/h3-7,9-10,12,21-22H,8,16H2,1-2H3,(H,17,19)(H,18,20)/t9-,10-,12?/m0/s1. The molecular formula is C14H22BN3O4. The van der Waals surface area contributed by atoms with E-state index in [2.05, 4.69) is 10.6 Å². The molecule has 0 aliphatic rings. The fraction of sp³-hybridized carbons (Fsp3) is 0.429. The molecule has 1 rings (SSSR count). The molecular weight excluding hydrogens is 285 g/mol. The van der Waals surface area contributed by atoms with Crippen LogP contribution in [0.25, 0.3) is 0 Å². The number of benzene rings is 1. The van der Waals surface area contributed by atoms with Gasteiger partial charge in [-0.15, -0.1) is 0 Å². The molecule has 0 saturated heterocycles. The van der Waals surface area contributed by atoms with Gasteiger partial charge in [0.05, 0.1) is 12.0 Å². The van der Waals surface area contributed by atoms with Crippen LogP contribution in [0.4, 0.5) is 0 Å². The minimum absolute atomic E-state index is 0.262. The van der Waals surface area contributed by atoms with Crippen molar-refractivity contribution in [2.45, 2.75) is 38.3 Å². The van der Waals surface area contributed by atoms with Gasteiger partial charge >= 0.3 is 7.12 Å². The Hall–Kier alpha value is -1.90. The summed E-state index contributed by atoms with van der Waals surface area (Å²) < 4.78 is 0. The minimum atomic E-state index is -1.71. The molecule has 0 heterocycles. The molecule has 0 saturated carbocycles. The van der Waals surface area contributed by atoms with Crippen LogP contribution in [0.15, 0.2) is 30.3 Å². The summed E-state index contributed by atoms with van der Waals surface area (Å²) in [5, 5.41) is 23.8. The molecule has 1 aromatic rings. The predicted molar refractivity (Wildman–Crippen MR) is 83.5 cm³/mol. The van der Waals surface area contributed by atoms with Crippen LogP contribution in [0, 0.1) is 0 Å². The van der Waals surface area contributed by atoms with E-state index < -0.39 is 37.0 Å². The van der Waals surface area contributed by atoms with Crippen LogP contribution in [0.5, 0.6) is 0 Å². The molecule has 8 heteroatoms. The van der Waals surface area contributed by atoms with E-state index in [9.17, 15) is 19.6 Å². The van der Waals surface area contributed by atoms with Crippen molar-refractivity contribution in [1.29, 1.82) is 0 Å². The molecule has 0 aliphatic heterocycles. The zero-order valence-corrected chi connectivity index (χ0v) is 12.7. The third kappa shape index (κ3) is 5.84. The van der Waals surface area contributed by atoms with E-state index in [1.54, 1.807) is 0 Å². The monoisotopic (exact) mass is 307 g/mol. The van der Waals surface area contributed by atoms with E-state index in [0.29, 0.717) is 0 Å². The van der Waals surface area contributed by atoms with Crippen molar-refractivity contribution >= 4 is 18.9 Å². The highest BCUT2D eigenvalue weighted by atomic mass is 16.4. The quantitative estimate of drug-likeness (QED) is 0.395. The van der Waals surface area contributed by atoms with Gasteiger partial charge < -0.3 is 26.4 Å². The highest BCUT2D eigenvalue weighted by molar-refractivity contribution is 6.43. The predicted octanol–water partition coefficient (Wildman–Crippen LogP) is -1.42. The maximum atomic E-state index is 12.0. The summed E-state index contributed by atoms with van der Waals surface area (Å²) in [4.78, 5) is 23.5. The Morgan fingerprint density at radius 3 is 2.23 bits per heavy atom. The molecule has 0 aromatic heterocycles. The smallest absolute Gasteiger partial charge is 0.426 e. The van der Waals surface area contributed by atoms with Gasteiger partial charge in [0.15, 0.2) is 0 Å². The number of carbonyl (C=O) groups is 2. The molecule has 2 amide bonds. The summed E-state index contributed by atoms with van der Waals surface area (Å²) in [6.07, 6.45) is 0.262. The Morgan fingerprint density at radius 1 is 1.14 bits per heavy atom. The topological polar surface area (TPSA) is 125 Å². The average molecular weight is 307 g/mol. The van der Waals surface area contributed by atoms with E-state index in [-0.39, 0.29) is 6.42 Å². The molecule has 0 bridgehead atoms. The molecule has 1 unspecified atom stereocenters. The first-order chi connectivity index (χ1) is 10.3. The van der Waals surface area contributed by atoms with E-state index in [1.165, 1.54) is 13.8 Å². The third-order valence-corrected chi connectivity index (χ3v) is 3.15. The summed E-state index contributed by atoms with van der Waals surface area (Å²) in [6, 6.07) is 7.59. The maximum absolute atomic E-state index is 12.0. The normalized spacial score (nSPS) is 14.6. The molecule has 0 aliphatic carbocycles. The maximum Gasteiger partial charge on any atom is 0.475 e. The van der Waals surface area contributed by atoms with Gasteiger partial charge in [0.25, 0.3) is 0 Å². The van der Waals surface area contributed by atoms with Crippen LogP contribution in [-0.2, 0) is 16.0 Å². The molecule has 0 radical (unpaired) electrons. The first-order valence-corrected chi connectivity index (χ1v) is 7.07. The summed E-state index contributed by atoms with van der Waals surface area (Å²) in [7, 11) is -1.71.